The summed E-state index contributed by atoms with van der Waals surface area (Å²) >= 11 is 0. The van der Waals surface area contributed by atoms with E-state index >= 15 is 0 Å². The number of hydrogen-bond donors (Lipinski definition) is 1. The molecule has 2 aliphatic heterocycles. The van der Waals surface area contributed by atoms with E-state index in [1.807, 2.05) is 0 Å². The van der Waals surface area contributed by atoms with E-state index in [4.69, 9.17) is 0 Å². The maximum absolute atomic E-state index is 13.5. The lowest BCUT2D eigenvalue weighted by atomic mass is 9.77. The summed E-state index contributed by atoms with van der Waals surface area (Å²) in [6, 6.07) is 0. The minimum absolute atomic E-state index is 0.0726. The van der Waals surface area contributed by atoms with E-state index < -0.39 is 23.2 Å². The van der Waals surface area contributed by atoms with Gasteiger partial charge < -0.3 is 10.2 Å². The van der Waals surface area contributed by atoms with Crippen LogP contribution < -0.4 is 5.32 Å². The van der Waals surface area contributed by atoms with Gasteiger partial charge in [-0.15, -0.1) is 5.10 Å². The fourth-order valence-electron chi connectivity index (χ4n) is 3.69. The Morgan fingerprint density at radius 3 is 2.83 bits per heavy atom. The van der Waals surface area contributed by atoms with Gasteiger partial charge in [0.15, 0.2) is 5.82 Å². The number of alkyl halides is 3. The summed E-state index contributed by atoms with van der Waals surface area (Å²) in [5, 5.41) is 13.9. The van der Waals surface area contributed by atoms with Crippen molar-refractivity contribution < 1.29 is 18.0 Å². The van der Waals surface area contributed by atoms with E-state index in [2.05, 4.69) is 20.8 Å². The van der Waals surface area contributed by atoms with Crippen LogP contribution in [0.3, 0.4) is 0 Å². The van der Waals surface area contributed by atoms with Crippen LogP contribution >= 0.6 is 0 Å². The summed E-state index contributed by atoms with van der Waals surface area (Å²) in [5.41, 5.74) is -0.987. The number of carbonyl (C=O) groups is 1. The molecule has 0 spiro atoms. The number of halogens is 3. The van der Waals surface area contributed by atoms with Crippen molar-refractivity contribution >= 4 is 5.91 Å². The van der Waals surface area contributed by atoms with E-state index in [-0.39, 0.29) is 24.7 Å². The van der Waals surface area contributed by atoms with Gasteiger partial charge >= 0.3 is 6.18 Å². The van der Waals surface area contributed by atoms with E-state index in [1.54, 1.807) is 11.8 Å². The number of tetrazole rings is 1. The molecule has 1 aliphatic carbocycles. The van der Waals surface area contributed by atoms with Crippen LogP contribution in [0.4, 0.5) is 13.2 Å². The van der Waals surface area contributed by atoms with Crippen molar-refractivity contribution in [3.05, 3.63) is 28.9 Å². The zero-order valence-electron chi connectivity index (χ0n) is 12.3. The molecule has 0 saturated carbocycles. The molecule has 122 valence electrons. The zero-order valence-corrected chi connectivity index (χ0v) is 12.3. The standard InChI is InChI=1S/C13H13F3N6O/c1-6-7(13(14,15)16)3-12(2)11-10(6)17-9(23)5-21(11)4-8-18-19-20-22(8)12/h3,6H,4-5H2,1-2H3,(H,17,23). The third-order valence-electron chi connectivity index (χ3n) is 4.63. The van der Waals surface area contributed by atoms with E-state index in [0.717, 1.165) is 0 Å². The number of aromatic nitrogens is 4. The average Bonchev–Trinajstić information content (AvgIpc) is 2.90. The lowest BCUT2D eigenvalue weighted by Crippen LogP contribution is -2.57. The molecule has 0 bridgehead atoms. The van der Waals surface area contributed by atoms with Crippen molar-refractivity contribution in [2.45, 2.75) is 32.1 Å². The predicted octanol–water partition coefficient (Wildman–Crippen LogP) is 0.684. The predicted molar refractivity (Wildman–Crippen MR) is 70.3 cm³/mol. The van der Waals surface area contributed by atoms with Gasteiger partial charge in [0.25, 0.3) is 0 Å². The molecule has 1 amide bonds. The highest BCUT2D eigenvalue weighted by Gasteiger charge is 2.53. The SMILES string of the molecule is CC1C(C(F)(F)F)=CC2(C)C3=C1NC(=O)CN3Cc1nnnn12. The number of hydrogen-bond acceptors (Lipinski definition) is 5. The van der Waals surface area contributed by atoms with Crippen LogP contribution in [0, 0.1) is 5.92 Å². The van der Waals surface area contributed by atoms with Crippen LogP contribution in [0.2, 0.25) is 0 Å². The number of allylic oxidation sites excluding steroid dienone is 2. The molecule has 0 aromatic carbocycles. The number of rotatable bonds is 0. The van der Waals surface area contributed by atoms with Crippen LogP contribution in [0.1, 0.15) is 19.7 Å². The topological polar surface area (TPSA) is 75.9 Å². The first-order valence-corrected chi connectivity index (χ1v) is 7.09. The van der Waals surface area contributed by atoms with Crippen molar-refractivity contribution in [3.63, 3.8) is 0 Å². The van der Waals surface area contributed by atoms with Crippen LogP contribution in [0.5, 0.6) is 0 Å². The summed E-state index contributed by atoms with van der Waals surface area (Å²) in [5.74, 6) is -0.859. The molecule has 3 aliphatic rings. The second kappa shape index (κ2) is 4.12. The highest BCUT2D eigenvalue weighted by Crippen LogP contribution is 2.48. The highest BCUT2D eigenvalue weighted by molar-refractivity contribution is 5.82. The first-order valence-electron chi connectivity index (χ1n) is 7.09. The molecule has 10 heteroatoms. The van der Waals surface area contributed by atoms with Crippen molar-refractivity contribution in [2.75, 3.05) is 6.54 Å². The Labute approximate surface area is 128 Å². The first-order chi connectivity index (χ1) is 10.7. The van der Waals surface area contributed by atoms with Crippen molar-refractivity contribution in [2.24, 2.45) is 5.92 Å². The molecule has 3 heterocycles. The molecule has 4 rings (SSSR count). The molecule has 1 aromatic heterocycles. The van der Waals surface area contributed by atoms with Gasteiger partial charge in [0.05, 0.1) is 18.8 Å². The molecule has 0 saturated heterocycles. The van der Waals surface area contributed by atoms with Crippen LogP contribution in [-0.4, -0.2) is 43.7 Å². The Kier molecular flexibility index (Phi) is 2.55. The van der Waals surface area contributed by atoms with Gasteiger partial charge in [-0.1, -0.05) is 6.92 Å². The van der Waals surface area contributed by atoms with Gasteiger partial charge in [0, 0.05) is 17.2 Å². The molecule has 0 radical (unpaired) electrons. The second-order valence-electron chi connectivity index (χ2n) is 6.14. The molecular weight excluding hydrogens is 313 g/mol. The maximum atomic E-state index is 13.5. The van der Waals surface area contributed by atoms with Gasteiger partial charge in [0.2, 0.25) is 5.91 Å². The Balaban J connectivity index is 2.01. The number of nitrogens with one attached hydrogen (secondary N) is 1. The third kappa shape index (κ3) is 1.77. The molecule has 2 unspecified atom stereocenters. The molecule has 2 atom stereocenters. The summed E-state index contributed by atoms with van der Waals surface area (Å²) in [4.78, 5) is 13.7. The quantitative estimate of drug-likeness (QED) is 0.710. The monoisotopic (exact) mass is 326 g/mol. The van der Waals surface area contributed by atoms with Gasteiger partial charge in [0.1, 0.15) is 5.54 Å². The van der Waals surface area contributed by atoms with E-state index in [9.17, 15) is 18.0 Å². The Morgan fingerprint density at radius 2 is 2.13 bits per heavy atom. The lowest BCUT2D eigenvalue weighted by molar-refractivity contribution is -0.124. The fourth-order valence-corrected chi connectivity index (χ4v) is 3.69. The van der Waals surface area contributed by atoms with E-state index in [1.165, 1.54) is 17.7 Å². The van der Waals surface area contributed by atoms with Crippen LogP contribution in [-0.2, 0) is 16.9 Å². The zero-order chi connectivity index (χ0) is 16.6. The third-order valence-corrected chi connectivity index (χ3v) is 4.63. The Morgan fingerprint density at radius 1 is 1.39 bits per heavy atom. The summed E-state index contributed by atoms with van der Waals surface area (Å²) in [6.45, 7) is 3.43. The van der Waals surface area contributed by atoms with Gasteiger partial charge in [-0.2, -0.15) is 13.2 Å². The molecule has 0 fully saturated rings. The van der Waals surface area contributed by atoms with Gasteiger partial charge in [-0.25, -0.2) is 4.68 Å². The molecular formula is C13H13F3N6O. The fraction of sp³-hybridized carbons (Fsp3) is 0.538. The van der Waals surface area contributed by atoms with Crippen LogP contribution in [0.15, 0.2) is 23.0 Å². The number of carbonyl (C=O) groups excluding carboxylic acids is 1. The summed E-state index contributed by atoms with van der Waals surface area (Å²) in [7, 11) is 0. The molecule has 1 aromatic rings. The Bertz CT molecular complexity index is 779. The summed E-state index contributed by atoms with van der Waals surface area (Å²) in [6.07, 6.45) is -3.33. The maximum Gasteiger partial charge on any atom is 0.413 e. The van der Waals surface area contributed by atoms with E-state index in [0.29, 0.717) is 11.5 Å². The average molecular weight is 326 g/mol. The smallest absolute Gasteiger partial charge is 0.354 e. The summed E-state index contributed by atoms with van der Waals surface area (Å²) < 4.78 is 41.8. The molecule has 23 heavy (non-hydrogen) atoms. The second-order valence-corrected chi connectivity index (χ2v) is 6.14. The van der Waals surface area contributed by atoms with Crippen molar-refractivity contribution in [1.82, 2.24) is 30.4 Å². The number of nitrogens with zero attached hydrogens (tertiary/aromatic N) is 5. The number of fused-ring (bicyclic) bond motifs is 2. The normalized spacial score (nSPS) is 29.8. The van der Waals surface area contributed by atoms with Crippen molar-refractivity contribution in [1.29, 1.82) is 0 Å². The Hall–Kier alpha value is -2.39. The van der Waals surface area contributed by atoms with Crippen molar-refractivity contribution in [3.8, 4) is 0 Å². The minimum Gasteiger partial charge on any atom is -0.354 e. The largest absolute Gasteiger partial charge is 0.413 e. The first kappa shape index (κ1) is 14.2. The molecule has 7 nitrogen and oxygen atoms in total. The molecule has 1 N–H and O–H groups in total. The van der Waals surface area contributed by atoms with Gasteiger partial charge in [-0.05, 0) is 23.4 Å². The minimum atomic E-state index is -4.50. The van der Waals surface area contributed by atoms with Gasteiger partial charge in [-0.3, -0.25) is 4.79 Å². The van der Waals surface area contributed by atoms with Crippen LogP contribution in [0.25, 0.3) is 0 Å². The lowest BCUT2D eigenvalue weighted by Gasteiger charge is -2.49. The highest BCUT2D eigenvalue weighted by atomic mass is 19.4. The number of amides is 1.